The van der Waals surface area contributed by atoms with Crippen LogP contribution in [0.3, 0.4) is 0 Å². The monoisotopic (exact) mass is 289 g/mol. The Morgan fingerprint density at radius 2 is 2.20 bits per heavy atom. The normalized spacial score (nSPS) is 14.4. The Morgan fingerprint density at radius 1 is 1.35 bits per heavy atom. The molecule has 1 aromatic heterocycles. The molecule has 0 radical (unpaired) electrons. The van der Waals surface area contributed by atoms with Crippen molar-refractivity contribution in [3.63, 3.8) is 0 Å². The average Bonchev–Trinajstić information content (AvgIpc) is 3.20. The molecule has 1 aliphatic rings. The molecule has 1 aromatic carbocycles. The van der Waals surface area contributed by atoms with Crippen molar-refractivity contribution < 1.29 is 0 Å². The van der Waals surface area contributed by atoms with Gasteiger partial charge in [0.15, 0.2) is 0 Å². The van der Waals surface area contributed by atoms with Gasteiger partial charge in [0.2, 0.25) is 0 Å². The molecule has 0 atom stereocenters. The third-order valence-electron chi connectivity index (χ3n) is 3.25. The molecule has 1 heterocycles. The Morgan fingerprint density at radius 3 is 2.95 bits per heavy atom. The van der Waals surface area contributed by atoms with Gasteiger partial charge in [-0.3, -0.25) is 4.79 Å². The zero-order valence-electron chi connectivity index (χ0n) is 11.0. The van der Waals surface area contributed by atoms with E-state index >= 15 is 0 Å². The molecule has 0 spiro atoms. The van der Waals surface area contributed by atoms with Crippen molar-refractivity contribution in [1.29, 1.82) is 0 Å². The van der Waals surface area contributed by atoms with Crippen molar-refractivity contribution in [3.8, 4) is 0 Å². The second-order valence-electron chi connectivity index (χ2n) is 5.15. The van der Waals surface area contributed by atoms with Crippen molar-refractivity contribution >= 4 is 11.6 Å². The van der Waals surface area contributed by atoms with E-state index < -0.39 is 0 Å². The van der Waals surface area contributed by atoms with E-state index in [9.17, 15) is 4.79 Å². The van der Waals surface area contributed by atoms with Crippen LogP contribution in [0.1, 0.15) is 29.9 Å². The molecule has 0 unspecified atom stereocenters. The van der Waals surface area contributed by atoms with Gasteiger partial charge in [-0.2, -0.15) is 0 Å². The van der Waals surface area contributed by atoms with Gasteiger partial charge >= 0.3 is 0 Å². The van der Waals surface area contributed by atoms with Gasteiger partial charge in [0.05, 0.1) is 5.69 Å². The van der Waals surface area contributed by atoms with Crippen molar-refractivity contribution in [1.82, 2.24) is 15.3 Å². The number of hydrogen-bond donors (Lipinski definition) is 2. The van der Waals surface area contributed by atoms with E-state index in [0.717, 1.165) is 11.3 Å². The number of nitrogens with zero attached hydrogens (tertiary/aromatic N) is 1. The van der Waals surface area contributed by atoms with Gasteiger partial charge < -0.3 is 10.3 Å². The second kappa shape index (κ2) is 5.77. The number of aromatic nitrogens is 2. The zero-order chi connectivity index (χ0) is 13.9. The first kappa shape index (κ1) is 13.3. The Balaban J connectivity index is 1.76. The van der Waals surface area contributed by atoms with Gasteiger partial charge in [-0.25, -0.2) is 4.98 Å². The number of H-pyrrole nitrogens is 1. The maximum Gasteiger partial charge on any atom is 0.251 e. The first-order valence-corrected chi connectivity index (χ1v) is 7.14. The van der Waals surface area contributed by atoms with Crippen LogP contribution in [0.25, 0.3) is 0 Å². The van der Waals surface area contributed by atoms with Gasteiger partial charge in [0, 0.05) is 30.1 Å². The van der Waals surface area contributed by atoms with E-state index in [4.69, 9.17) is 11.6 Å². The molecule has 1 aliphatic carbocycles. The van der Waals surface area contributed by atoms with Gasteiger partial charge in [-0.1, -0.05) is 23.7 Å². The number of rotatable bonds is 5. The van der Waals surface area contributed by atoms with E-state index in [1.54, 1.807) is 6.07 Å². The highest BCUT2D eigenvalue weighted by atomic mass is 35.5. The Hall–Kier alpha value is -1.65. The highest BCUT2D eigenvalue weighted by molar-refractivity contribution is 6.30. The molecule has 0 amide bonds. The van der Waals surface area contributed by atoms with Crippen LogP contribution in [0.2, 0.25) is 5.02 Å². The number of halogens is 1. The van der Waals surface area contributed by atoms with Crippen molar-refractivity contribution in [2.24, 2.45) is 0 Å². The van der Waals surface area contributed by atoms with E-state index in [2.05, 4.69) is 15.3 Å². The number of nitrogens with one attached hydrogen (secondary N) is 2. The lowest BCUT2D eigenvalue weighted by Crippen LogP contribution is -2.20. The van der Waals surface area contributed by atoms with Gasteiger partial charge in [0.25, 0.3) is 5.56 Å². The largest absolute Gasteiger partial charge is 0.310 e. The van der Waals surface area contributed by atoms with Crippen LogP contribution in [0.4, 0.5) is 0 Å². The van der Waals surface area contributed by atoms with Crippen molar-refractivity contribution in [2.45, 2.75) is 31.8 Å². The zero-order valence-corrected chi connectivity index (χ0v) is 11.8. The summed E-state index contributed by atoms with van der Waals surface area (Å²) in [6.45, 7) is 0.650. The maximum absolute atomic E-state index is 11.7. The first-order chi connectivity index (χ1) is 9.69. The highest BCUT2D eigenvalue weighted by Gasteiger charge is 2.20. The Kier molecular flexibility index (Phi) is 3.85. The lowest BCUT2D eigenvalue weighted by molar-refractivity contribution is 0.667. The topological polar surface area (TPSA) is 57.8 Å². The first-order valence-electron chi connectivity index (χ1n) is 6.76. The lowest BCUT2D eigenvalue weighted by atomic mass is 10.1. The minimum atomic E-state index is -0.107. The molecule has 0 aliphatic heterocycles. The Bertz CT molecular complexity index is 664. The second-order valence-corrected chi connectivity index (χ2v) is 5.58. The van der Waals surface area contributed by atoms with Crippen LogP contribution in [0.5, 0.6) is 0 Å². The predicted molar refractivity (Wildman–Crippen MR) is 79.0 cm³/mol. The van der Waals surface area contributed by atoms with E-state index in [0.29, 0.717) is 29.9 Å². The van der Waals surface area contributed by atoms with Gasteiger partial charge in [-0.05, 0) is 30.5 Å². The molecular formula is C15H16ClN3O. The van der Waals surface area contributed by atoms with Crippen LogP contribution in [-0.2, 0) is 13.0 Å². The van der Waals surface area contributed by atoms with Crippen molar-refractivity contribution in [2.75, 3.05) is 0 Å². The summed E-state index contributed by atoms with van der Waals surface area (Å²) in [5.41, 5.74) is 1.72. The standard InChI is InChI=1S/C15H16ClN3O/c16-11-3-1-2-10(6-11)7-14-18-13(8-15(20)19-14)9-17-12-4-5-12/h1-3,6,8,12,17H,4-5,7,9H2,(H,18,19,20). The summed E-state index contributed by atoms with van der Waals surface area (Å²) < 4.78 is 0. The summed E-state index contributed by atoms with van der Waals surface area (Å²) in [4.78, 5) is 19.0. The maximum atomic E-state index is 11.7. The molecule has 2 aromatic rings. The average molecular weight is 290 g/mol. The summed E-state index contributed by atoms with van der Waals surface area (Å²) in [5.74, 6) is 0.673. The molecule has 1 fully saturated rings. The fourth-order valence-electron chi connectivity index (χ4n) is 2.11. The molecule has 0 saturated heterocycles. The minimum Gasteiger partial charge on any atom is -0.310 e. The summed E-state index contributed by atoms with van der Waals surface area (Å²) in [6.07, 6.45) is 3.02. The Labute approximate surface area is 122 Å². The summed E-state index contributed by atoms with van der Waals surface area (Å²) in [6, 6.07) is 9.74. The van der Waals surface area contributed by atoms with Crippen LogP contribution in [-0.4, -0.2) is 16.0 Å². The van der Waals surface area contributed by atoms with E-state index in [1.165, 1.54) is 12.8 Å². The third-order valence-corrected chi connectivity index (χ3v) is 3.49. The quantitative estimate of drug-likeness (QED) is 0.888. The van der Waals surface area contributed by atoms with Crippen LogP contribution in [0, 0.1) is 0 Å². The summed E-state index contributed by atoms with van der Waals surface area (Å²) in [7, 11) is 0. The molecule has 4 nitrogen and oxygen atoms in total. The number of aromatic amines is 1. The lowest BCUT2D eigenvalue weighted by Gasteiger charge is -2.06. The van der Waals surface area contributed by atoms with Crippen LogP contribution in [0.15, 0.2) is 35.1 Å². The minimum absolute atomic E-state index is 0.107. The third kappa shape index (κ3) is 3.68. The molecule has 0 bridgehead atoms. The van der Waals surface area contributed by atoms with Crippen LogP contribution < -0.4 is 10.9 Å². The van der Waals surface area contributed by atoms with Crippen molar-refractivity contribution in [3.05, 3.63) is 62.8 Å². The summed E-state index contributed by atoms with van der Waals surface area (Å²) >= 11 is 5.96. The molecule has 2 N–H and O–H groups in total. The van der Waals surface area contributed by atoms with E-state index in [-0.39, 0.29) is 5.56 Å². The summed E-state index contributed by atoms with van der Waals surface area (Å²) in [5, 5.41) is 4.06. The number of benzene rings is 1. The smallest absolute Gasteiger partial charge is 0.251 e. The predicted octanol–water partition coefficient (Wildman–Crippen LogP) is 2.27. The fraction of sp³-hybridized carbons (Fsp3) is 0.333. The van der Waals surface area contributed by atoms with Gasteiger partial charge in [0.1, 0.15) is 5.82 Å². The van der Waals surface area contributed by atoms with Gasteiger partial charge in [-0.15, -0.1) is 0 Å². The molecular weight excluding hydrogens is 274 g/mol. The fourth-order valence-corrected chi connectivity index (χ4v) is 2.33. The molecule has 5 heteroatoms. The molecule has 104 valence electrons. The number of hydrogen-bond acceptors (Lipinski definition) is 3. The van der Waals surface area contributed by atoms with Crippen LogP contribution >= 0.6 is 11.6 Å². The molecule has 20 heavy (non-hydrogen) atoms. The highest BCUT2D eigenvalue weighted by Crippen LogP contribution is 2.19. The SMILES string of the molecule is O=c1cc(CNC2CC2)nc(Cc2cccc(Cl)c2)[nH]1. The molecule has 3 rings (SSSR count). The van der Waals surface area contributed by atoms with E-state index in [1.807, 2.05) is 24.3 Å². The molecule has 1 saturated carbocycles.